The Kier molecular flexibility index (Phi) is 5.13. The first-order valence-electron chi connectivity index (χ1n) is 8.97. The van der Waals surface area contributed by atoms with Gasteiger partial charge in [-0.25, -0.2) is 9.37 Å². The number of nitrogens with zero attached hydrogens (tertiary/aromatic N) is 2. The molecule has 1 aliphatic rings. The van der Waals surface area contributed by atoms with Crippen molar-refractivity contribution >= 4 is 45.8 Å². The standard InChI is InChI=1S/C21H18Cl2FN3O/c1-12(28)27-9-8-19(15-3-2-14(24)10-13(15)11-27)25-20-7-4-16-17(22)5-6-18(23)21(16)26-20/h2-7,10,19H,8-9,11H2,1H3,(H,25,26). The fraction of sp³-hybridized carbons (Fsp3) is 0.238. The summed E-state index contributed by atoms with van der Waals surface area (Å²) in [7, 11) is 0. The zero-order chi connectivity index (χ0) is 19.8. The molecule has 1 atom stereocenters. The summed E-state index contributed by atoms with van der Waals surface area (Å²) in [6.07, 6.45) is 0.682. The molecule has 0 saturated carbocycles. The molecule has 0 fully saturated rings. The summed E-state index contributed by atoms with van der Waals surface area (Å²) >= 11 is 12.5. The number of aromatic nitrogens is 1. The number of fused-ring (bicyclic) bond motifs is 2. The van der Waals surface area contributed by atoms with Crippen LogP contribution >= 0.6 is 23.2 Å². The van der Waals surface area contributed by atoms with Crippen LogP contribution in [-0.2, 0) is 11.3 Å². The van der Waals surface area contributed by atoms with Crippen LogP contribution in [0.3, 0.4) is 0 Å². The second kappa shape index (κ2) is 7.57. The number of pyridine rings is 1. The molecular weight excluding hydrogens is 400 g/mol. The topological polar surface area (TPSA) is 45.2 Å². The van der Waals surface area contributed by atoms with Crippen LogP contribution in [0.5, 0.6) is 0 Å². The van der Waals surface area contributed by atoms with Crippen LogP contribution in [0.1, 0.15) is 30.5 Å². The van der Waals surface area contributed by atoms with E-state index >= 15 is 0 Å². The summed E-state index contributed by atoms with van der Waals surface area (Å²) in [5.41, 5.74) is 2.38. The van der Waals surface area contributed by atoms with Gasteiger partial charge in [0.15, 0.2) is 0 Å². The van der Waals surface area contributed by atoms with Gasteiger partial charge in [0.05, 0.1) is 21.6 Å². The second-order valence-corrected chi connectivity index (χ2v) is 7.71. The molecule has 2 heterocycles. The molecule has 7 heteroatoms. The van der Waals surface area contributed by atoms with E-state index in [1.165, 1.54) is 19.1 Å². The minimum absolute atomic E-state index is 0.0267. The van der Waals surface area contributed by atoms with E-state index < -0.39 is 0 Å². The van der Waals surface area contributed by atoms with E-state index in [1.54, 1.807) is 23.1 Å². The van der Waals surface area contributed by atoms with Crippen molar-refractivity contribution in [1.82, 2.24) is 9.88 Å². The molecule has 1 amide bonds. The van der Waals surface area contributed by atoms with Gasteiger partial charge in [0, 0.05) is 25.4 Å². The third kappa shape index (κ3) is 3.64. The predicted molar refractivity (Wildman–Crippen MR) is 110 cm³/mol. The maximum absolute atomic E-state index is 13.8. The van der Waals surface area contributed by atoms with Gasteiger partial charge in [0.25, 0.3) is 0 Å². The Morgan fingerprint density at radius 1 is 1.18 bits per heavy atom. The average molecular weight is 418 g/mol. The number of anilines is 1. The Bertz CT molecular complexity index is 1070. The molecule has 0 radical (unpaired) electrons. The molecule has 0 saturated heterocycles. The van der Waals surface area contributed by atoms with E-state index in [1.807, 2.05) is 12.1 Å². The minimum atomic E-state index is -0.312. The van der Waals surface area contributed by atoms with Crippen LogP contribution < -0.4 is 5.32 Å². The van der Waals surface area contributed by atoms with Gasteiger partial charge in [-0.2, -0.15) is 0 Å². The first kappa shape index (κ1) is 19.0. The van der Waals surface area contributed by atoms with E-state index in [0.717, 1.165) is 16.5 Å². The van der Waals surface area contributed by atoms with Gasteiger partial charge >= 0.3 is 0 Å². The Labute approximate surface area is 172 Å². The van der Waals surface area contributed by atoms with Crippen molar-refractivity contribution in [1.29, 1.82) is 0 Å². The fourth-order valence-electron chi connectivity index (χ4n) is 3.60. The van der Waals surface area contributed by atoms with Gasteiger partial charge in [-0.3, -0.25) is 4.79 Å². The SMILES string of the molecule is CC(=O)N1CCC(Nc2ccc3c(Cl)ccc(Cl)c3n2)c2ccc(F)cc2C1. The Hall–Kier alpha value is -2.37. The molecule has 1 aromatic heterocycles. The lowest BCUT2D eigenvalue weighted by Crippen LogP contribution is -2.28. The van der Waals surface area contributed by atoms with E-state index in [-0.39, 0.29) is 17.8 Å². The summed E-state index contributed by atoms with van der Waals surface area (Å²) < 4.78 is 13.8. The predicted octanol–water partition coefficient (Wildman–Crippen LogP) is 5.59. The molecular formula is C21H18Cl2FN3O. The van der Waals surface area contributed by atoms with Crippen molar-refractivity contribution < 1.29 is 9.18 Å². The summed E-state index contributed by atoms with van der Waals surface area (Å²) in [4.78, 5) is 18.2. The monoisotopic (exact) mass is 417 g/mol. The molecule has 4 nitrogen and oxygen atoms in total. The normalized spacial score (nSPS) is 16.6. The number of hydrogen-bond donors (Lipinski definition) is 1. The van der Waals surface area contributed by atoms with Crippen LogP contribution in [0.2, 0.25) is 10.0 Å². The van der Waals surface area contributed by atoms with Gasteiger partial charge < -0.3 is 10.2 Å². The highest BCUT2D eigenvalue weighted by Crippen LogP contribution is 2.33. The van der Waals surface area contributed by atoms with Crippen LogP contribution in [-0.4, -0.2) is 22.3 Å². The maximum atomic E-state index is 13.8. The lowest BCUT2D eigenvalue weighted by Gasteiger charge is -2.20. The third-order valence-electron chi connectivity index (χ3n) is 5.05. The van der Waals surface area contributed by atoms with Crippen molar-refractivity contribution in [2.75, 3.05) is 11.9 Å². The molecule has 1 unspecified atom stereocenters. The van der Waals surface area contributed by atoms with Crippen LogP contribution in [0, 0.1) is 5.82 Å². The van der Waals surface area contributed by atoms with Gasteiger partial charge in [0.1, 0.15) is 11.6 Å². The summed E-state index contributed by atoms with van der Waals surface area (Å²) in [5.74, 6) is 0.308. The zero-order valence-electron chi connectivity index (χ0n) is 15.2. The quantitative estimate of drug-likeness (QED) is 0.591. The molecule has 2 aromatic carbocycles. The highest BCUT2D eigenvalue weighted by atomic mass is 35.5. The van der Waals surface area contributed by atoms with E-state index in [2.05, 4.69) is 10.3 Å². The number of halogens is 3. The van der Waals surface area contributed by atoms with Gasteiger partial charge in [-0.1, -0.05) is 29.3 Å². The summed E-state index contributed by atoms with van der Waals surface area (Å²) in [6.45, 7) is 2.50. The number of nitrogens with one attached hydrogen (secondary N) is 1. The Morgan fingerprint density at radius 3 is 2.75 bits per heavy atom. The first-order chi connectivity index (χ1) is 13.4. The zero-order valence-corrected chi connectivity index (χ0v) is 16.7. The largest absolute Gasteiger partial charge is 0.363 e. The van der Waals surface area contributed by atoms with Crippen LogP contribution in [0.4, 0.5) is 10.2 Å². The minimum Gasteiger partial charge on any atom is -0.363 e. The second-order valence-electron chi connectivity index (χ2n) is 6.89. The highest BCUT2D eigenvalue weighted by Gasteiger charge is 2.24. The van der Waals surface area contributed by atoms with Crippen molar-refractivity contribution in [3.8, 4) is 0 Å². The first-order valence-corrected chi connectivity index (χ1v) is 9.73. The number of carbonyl (C=O) groups is 1. The lowest BCUT2D eigenvalue weighted by molar-refractivity contribution is -0.129. The van der Waals surface area contributed by atoms with Crippen molar-refractivity contribution in [2.24, 2.45) is 0 Å². The van der Waals surface area contributed by atoms with Crippen molar-refractivity contribution in [2.45, 2.75) is 25.9 Å². The maximum Gasteiger partial charge on any atom is 0.219 e. The van der Waals surface area contributed by atoms with Crippen LogP contribution in [0.25, 0.3) is 10.9 Å². The number of rotatable bonds is 2. The third-order valence-corrected chi connectivity index (χ3v) is 5.69. The van der Waals surface area contributed by atoms with E-state index in [4.69, 9.17) is 23.2 Å². The molecule has 0 bridgehead atoms. The van der Waals surface area contributed by atoms with Crippen LogP contribution in [0.15, 0.2) is 42.5 Å². The van der Waals surface area contributed by atoms with Crippen molar-refractivity contribution in [3.63, 3.8) is 0 Å². The fourth-order valence-corrected chi connectivity index (χ4v) is 4.03. The Balaban J connectivity index is 1.71. The van der Waals surface area contributed by atoms with Gasteiger partial charge in [0.2, 0.25) is 5.91 Å². The van der Waals surface area contributed by atoms with E-state index in [9.17, 15) is 9.18 Å². The van der Waals surface area contributed by atoms with Crippen molar-refractivity contribution in [3.05, 3.63) is 69.5 Å². The smallest absolute Gasteiger partial charge is 0.219 e. The number of hydrogen-bond acceptors (Lipinski definition) is 3. The molecule has 3 aromatic rings. The number of amides is 1. The molecule has 144 valence electrons. The van der Waals surface area contributed by atoms with Gasteiger partial charge in [-0.05, 0) is 53.9 Å². The molecule has 1 N–H and O–H groups in total. The molecule has 1 aliphatic heterocycles. The lowest BCUT2D eigenvalue weighted by atomic mass is 9.99. The summed E-state index contributed by atoms with van der Waals surface area (Å²) in [6, 6.07) is 11.8. The number of carbonyl (C=O) groups excluding carboxylic acids is 1. The molecule has 4 rings (SSSR count). The van der Waals surface area contributed by atoms with Gasteiger partial charge in [-0.15, -0.1) is 0 Å². The average Bonchev–Trinajstić information content (AvgIpc) is 2.84. The molecule has 28 heavy (non-hydrogen) atoms. The summed E-state index contributed by atoms with van der Waals surface area (Å²) in [5, 5.41) is 5.32. The molecule has 0 spiro atoms. The Morgan fingerprint density at radius 2 is 1.96 bits per heavy atom. The highest BCUT2D eigenvalue weighted by molar-refractivity contribution is 6.39. The molecule has 0 aliphatic carbocycles. The number of benzene rings is 2. The van der Waals surface area contributed by atoms with E-state index in [0.29, 0.717) is 40.9 Å².